The third-order valence-corrected chi connectivity index (χ3v) is 4.29. The minimum Gasteiger partial charge on any atom is -0.326 e. The fourth-order valence-electron chi connectivity index (χ4n) is 3.24. The van der Waals surface area contributed by atoms with E-state index in [0.29, 0.717) is 13.0 Å². The van der Waals surface area contributed by atoms with E-state index in [1.165, 1.54) is 5.56 Å². The van der Waals surface area contributed by atoms with Crippen molar-refractivity contribution < 1.29 is 4.79 Å². The maximum atomic E-state index is 12.6. The van der Waals surface area contributed by atoms with Gasteiger partial charge in [-0.15, -0.1) is 0 Å². The van der Waals surface area contributed by atoms with E-state index in [-0.39, 0.29) is 23.9 Å². The minimum atomic E-state index is -0.261. The Balaban J connectivity index is 1.82. The van der Waals surface area contributed by atoms with Gasteiger partial charge in [-0.2, -0.15) is 5.26 Å². The van der Waals surface area contributed by atoms with Gasteiger partial charge >= 0.3 is 0 Å². The normalized spacial score (nSPS) is 29.1. The first-order chi connectivity index (χ1) is 9.22. The van der Waals surface area contributed by atoms with Gasteiger partial charge in [0.15, 0.2) is 0 Å². The average Bonchev–Trinajstić information content (AvgIpc) is 3.03. The molecule has 1 aliphatic heterocycles. The summed E-state index contributed by atoms with van der Waals surface area (Å²) in [6, 6.07) is 9.70. The molecular formula is C15H17N3O. The Morgan fingerprint density at radius 1 is 1.42 bits per heavy atom. The summed E-state index contributed by atoms with van der Waals surface area (Å²) in [4.78, 5) is 14.3. The first-order valence-electron chi connectivity index (χ1n) is 6.76. The molecule has 1 amide bonds. The van der Waals surface area contributed by atoms with Crippen LogP contribution in [0.5, 0.6) is 0 Å². The molecule has 1 aliphatic carbocycles. The number of nitriles is 1. The van der Waals surface area contributed by atoms with Crippen molar-refractivity contribution in [1.29, 1.82) is 5.26 Å². The topological polar surface area (TPSA) is 70.1 Å². The molecule has 1 saturated heterocycles. The van der Waals surface area contributed by atoms with Gasteiger partial charge in [0.25, 0.3) is 0 Å². The molecule has 0 radical (unpaired) electrons. The number of fused-ring (bicyclic) bond motifs is 1. The highest BCUT2D eigenvalue weighted by Crippen LogP contribution is 2.36. The van der Waals surface area contributed by atoms with Gasteiger partial charge < -0.3 is 10.6 Å². The molecule has 3 atom stereocenters. The molecule has 2 aliphatic rings. The fourth-order valence-corrected chi connectivity index (χ4v) is 3.24. The Morgan fingerprint density at radius 2 is 2.21 bits per heavy atom. The molecule has 1 unspecified atom stereocenters. The van der Waals surface area contributed by atoms with Crippen LogP contribution >= 0.6 is 0 Å². The number of likely N-dealkylation sites (tertiary alicyclic amines) is 1. The highest BCUT2D eigenvalue weighted by atomic mass is 16.2. The van der Waals surface area contributed by atoms with Gasteiger partial charge in [0, 0.05) is 12.6 Å². The summed E-state index contributed by atoms with van der Waals surface area (Å²) < 4.78 is 0. The van der Waals surface area contributed by atoms with Crippen molar-refractivity contribution >= 4 is 5.91 Å². The Kier molecular flexibility index (Phi) is 3.00. The number of carbonyl (C=O) groups excluding carboxylic acids is 1. The number of rotatable bonds is 1. The van der Waals surface area contributed by atoms with Gasteiger partial charge in [0.05, 0.1) is 12.0 Å². The SMILES string of the molecule is N#CC1CCCN1C(=O)[C@H]1Cc2ccccc2[C@H]1N. The highest BCUT2D eigenvalue weighted by molar-refractivity contribution is 5.82. The number of hydrogen-bond donors (Lipinski definition) is 1. The van der Waals surface area contributed by atoms with Crippen molar-refractivity contribution in [2.75, 3.05) is 6.54 Å². The van der Waals surface area contributed by atoms with Gasteiger partial charge in [0.1, 0.15) is 6.04 Å². The van der Waals surface area contributed by atoms with E-state index in [0.717, 1.165) is 18.4 Å². The third kappa shape index (κ3) is 1.91. The number of carbonyl (C=O) groups is 1. The summed E-state index contributed by atoms with van der Waals surface area (Å²) in [5.41, 5.74) is 8.46. The molecule has 1 aromatic rings. The Hall–Kier alpha value is -1.86. The summed E-state index contributed by atoms with van der Waals surface area (Å²) in [5.74, 6) is -0.154. The molecule has 0 bridgehead atoms. The largest absolute Gasteiger partial charge is 0.326 e. The summed E-state index contributed by atoms with van der Waals surface area (Å²) in [5, 5.41) is 9.09. The van der Waals surface area contributed by atoms with Gasteiger partial charge in [-0.25, -0.2) is 0 Å². The van der Waals surface area contributed by atoms with Gasteiger partial charge in [-0.3, -0.25) is 4.79 Å². The number of nitrogens with zero attached hydrogens (tertiary/aromatic N) is 2. The summed E-state index contributed by atoms with van der Waals surface area (Å²) >= 11 is 0. The lowest BCUT2D eigenvalue weighted by Gasteiger charge is -2.25. The predicted molar refractivity (Wildman–Crippen MR) is 70.9 cm³/mol. The Bertz CT molecular complexity index is 549. The lowest BCUT2D eigenvalue weighted by Crippen LogP contribution is -2.41. The molecule has 98 valence electrons. The van der Waals surface area contributed by atoms with Crippen LogP contribution in [0.15, 0.2) is 24.3 Å². The van der Waals surface area contributed by atoms with Crippen molar-refractivity contribution in [2.24, 2.45) is 11.7 Å². The van der Waals surface area contributed by atoms with E-state index < -0.39 is 0 Å². The Morgan fingerprint density at radius 3 is 2.95 bits per heavy atom. The van der Waals surface area contributed by atoms with E-state index in [4.69, 9.17) is 11.0 Å². The monoisotopic (exact) mass is 255 g/mol. The summed E-state index contributed by atoms with van der Waals surface area (Å²) in [7, 11) is 0. The van der Waals surface area contributed by atoms with Crippen molar-refractivity contribution in [3.63, 3.8) is 0 Å². The van der Waals surface area contributed by atoms with E-state index in [9.17, 15) is 4.79 Å². The second kappa shape index (κ2) is 4.67. The zero-order valence-electron chi connectivity index (χ0n) is 10.7. The molecular weight excluding hydrogens is 238 g/mol. The van der Waals surface area contributed by atoms with Crippen molar-refractivity contribution in [3.05, 3.63) is 35.4 Å². The van der Waals surface area contributed by atoms with Gasteiger partial charge in [-0.1, -0.05) is 24.3 Å². The van der Waals surface area contributed by atoms with Gasteiger partial charge in [-0.05, 0) is 30.4 Å². The molecule has 0 spiro atoms. The molecule has 1 aromatic carbocycles. The number of nitrogens with two attached hydrogens (primary N) is 1. The zero-order valence-corrected chi connectivity index (χ0v) is 10.7. The quantitative estimate of drug-likeness (QED) is 0.824. The van der Waals surface area contributed by atoms with E-state index >= 15 is 0 Å². The third-order valence-electron chi connectivity index (χ3n) is 4.29. The lowest BCUT2D eigenvalue weighted by molar-refractivity contribution is -0.135. The smallest absolute Gasteiger partial charge is 0.229 e. The zero-order chi connectivity index (χ0) is 13.4. The molecule has 3 rings (SSSR count). The predicted octanol–water partition coefficient (Wildman–Crippen LogP) is 1.37. The summed E-state index contributed by atoms with van der Waals surface area (Å²) in [6.45, 7) is 0.691. The van der Waals surface area contributed by atoms with Crippen LogP contribution in [0.3, 0.4) is 0 Å². The van der Waals surface area contributed by atoms with Crippen LogP contribution in [-0.2, 0) is 11.2 Å². The first-order valence-corrected chi connectivity index (χ1v) is 6.76. The number of benzene rings is 1. The van der Waals surface area contributed by atoms with Crippen LogP contribution in [-0.4, -0.2) is 23.4 Å². The molecule has 0 aromatic heterocycles. The second-order valence-electron chi connectivity index (χ2n) is 5.35. The van der Waals surface area contributed by atoms with Crippen molar-refractivity contribution in [1.82, 2.24) is 4.90 Å². The van der Waals surface area contributed by atoms with Crippen LogP contribution in [0.25, 0.3) is 0 Å². The standard InChI is InChI=1S/C15H17N3O/c16-9-11-5-3-7-18(11)15(19)13-8-10-4-1-2-6-12(10)14(13)17/h1-2,4,6,11,13-14H,3,5,7-8,17H2/t11?,13-,14+/m0/s1. The molecule has 19 heavy (non-hydrogen) atoms. The van der Waals surface area contributed by atoms with E-state index in [1.54, 1.807) is 4.90 Å². The van der Waals surface area contributed by atoms with Crippen molar-refractivity contribution in [3.8, 4) is 6.07 Å². The van der Waals surface area contributed by atoms with E-state index in [2.05, 4.69) is 6.07 Å². The molecule has 4 nitrogen and oxygen atoms in total. The van der Waals surface area contributed by atoms with Crippen LogP contribution in [0.1, 0.15) is 30.0 Å². The van der Waals surface area contributed by atoms with Crippen LogP contribution < -0.4 is 5.73 Å². The molecule has 4 heteroatoms. The first kappa shape index (κ1) is 12.2. The molecule has 1 fully saturated rings. The van der Waals surface area contributed by atoms with Crippen LogP contribution in [0.2, 0.25) is 0 Å². The highest BCUT2D eigenvalue weighted by Gasteiger charge is 2.40. The molecule has 2 N–H and O–H groups in total. The maximum Gasteiger partial charge on any atom is 0.229 e. The van der Waals surface area contributed by atoms with E-state index in [1.807, 2.05) is 24.3 Å². The Labute approximate surface area is 112 Å². The van der Waals surface area contributed by atoms with Crippen LogP contribution in [0, 0.1) is 17.2 Å². The molecule has 0 saturated carbocycles. The number of hydrogen-bond acceptors (Lipinski definition) is 3. The minimum absolute atomic E-state index is 0.0488. The van der Waals surface area contributed by atoms with Crippen LogP contribution in [0.4, 0.5) is 0 Å². The molecule has 1 heterocycles. The lowest BCUT2D eigenvalue weighted by atomic mass is 9.99. The fraction of sp³-hybridized carbons (Fsp3) is 0.467. The number of amides is 1. The second-order valence-corrected chi connectivity index (χ2v) is 5.35. The average molecular weight is 255 g/mol. The van der Waals surface area contributed by atoms with Crippen molar-refractivity contribution in [2.45, 2.75) is 31.3 Å². The summed E-state index contributed by atoms with van der Waals surface area (Å²) in [6.07, 6.45) is 2.40. The maximum absolute atomic E-state index is 12.6. The van der Waals surface area contributed by atoms with Gasteiger partial charge in [0.2, 0.25) is 5.91 Å².